The van der Waals surface area contributed by atoms with E-state index in [-0.39, 0.29) is 5.54 Å². The largest absolute Gasteiger partial charge is 0.357 e. The highest BCUT2D eigenvalue weighted by atomic mass is 16.6. The molecule has 0 aliphatic carbocycles. The number of hydrogen-bond donors (Lipinski definition) is 1. The van der Waals surface area contributed by atoms with Crippen molar-refractivity contribution in [2.45, 2.75) is 64.0 Å². The van der Waals surface area contributed by atoms with Crippen LogP contribution in [0.25, 0.3) is 0 Å². The molecule has 0 bridgehead atoms. The fraction of sp³-hybridized carbons (Fsp3) is 1.00. The van der Waals surface area contributed by atoms with Crippen molar-refractivity contribution in [1.82, 2.24) is 24.9 Å². The maximum absolute atomic E-state index is 5.45. The molecule has 4 saturated heterocycles. The molecule has 6 nitrogen and oxygen atoms in total. The summed E-state index contributed by atoms with van der Waals surface area (Å²) < 4.78 is 5.45. The van der Waals surface area contributed by atoms with Crippen LogP contribution in [-0.4, -0.2) is 109 Å². The van der Waals surface area contributed by atoms with E-state index in [1.54, 1.807) is 0 Å². The molecule has 4 heterocycles. The van der Waals surface area contributed by atoms with Crippen LogP contribution in [0.1, 0.15) is 40.5 Å². The van der Waals surface area contributed by atoms with Crippen molar-refractivity contribution >= 4 is 0 Å². The second kappa shape index (κ2) is 7.30. The van der Waals surface area contributed by atoms with Crippen molar-refractivity contribution in [2.75, 3.05) is 65.5 Å². The van der Waals surface area contributed by atoms with E-state index in [4.69, 9.17) is 4.74 Å². The normalized spacial score (nSPS) is 32.8. The molecule has 1 N–H and O–H groups in total. The molecule has 2 unspecified atom stereocenters. The third-order valence-electron chi connectivity index (χ3n) is 7.24. The average Bonchev–Trinajstić information content (AvgIpc) is 3.53. The van der Waals surface area contributed by atoms with Gasteiger partial charge >= 0.3 is 0 Å². The standard InChI is InChI=1S/C20H39N5O/c1-19(2,24-11-7-22(8-12-24)17-15-21-17)5-6-20(3,4)25-13-9-23(10-14-25)18-16-26-18/h17-18,21H,5-16H2,1-4H3. The van der Waals surface area contributed by atoms with Crippen LogP contribution in [0.2, 0.25) is 0 Å². The van der Waals surface area contributed by atoms with E-state index in [0.717, 1.165) is 19.7 Å². The molecule has 0 aromatic rings. The monoisotopic (exact) mass is 365 g/mol. The van der Waals surface area contributed by atoms with E-state index >= 15 is 0 Å². The third-order valence-corrected chi connectivity index (χ3v) is 7.24. The fourth-order valence-corrected chi connectivity index (χ4v) is 4.75. The van der Waals surface area contributed by atoms with E-state index in [0.29, 0.717) is 17.9 Å². The summed E-state index contributed by atoms with van der Waals surface area (Å²) in [6.45, 7) is 21.5. The lowest BCUT2D eigenvalue weighted by molar-refractivity contribution is 0.00736. The van der Waals surface area contributed by atoms with Gasteiger partial charge in [0.2, 0.25) is 0 Å². The highest BCUT2D eigenvalue weighted by Crippen LogP contribution is 2.30. The number of rotatable bonds is 7. The second-order valence-electron chi connectivity index (χ2n) is 9.88. The summed E-state index contributed by atoms with van der Waals surface area (Å²) in [7, 11) is 0. The quantitative estimate of drug-likeness (QED) is 0.675. The molecule has 2 atom stereocenters. The van der Waals surface area contributed by atoms with E-state index in [2.05, 4.69) is 52.6 Å². The summed E-state index contributed by atoms with van der Waals surface area (Å²) >= 11 is 0. The summed E-state index contributed by atoms with van der Waals surface area (Å²) in [5, 5.41) is 3.44. The molecular weight excluding hydrogens is 326 g/mol. The molecule has 4 aliphatic rings. The maximum Gasteiger partial charge on any atom is 0.134 e. The van der Waals surface area contributed by atoms with Crippen LogP contribution < -0.4 is 5.32 Å². The summed E-state index contributed by atoms with van der Waals surface area (Å²) in [6.07, 6.45) is 3.65. The lowest BCUT2D eigenvalue weighted by atomic mass is 9.86. The SMILES string of the molecule is CC(C)(CCC(C)(C)N1CCN(C2CO2)CC1)N1CCN(C2CN2)CC1. The number of piperazine rings is 2. The molecule has 150 valence electrons. The Labute approximate surface area is 159 Å². The number of epoxide rings is 1. The summed E-state index contributed by atoms with van der Waals surface area (Å²) in [6, 6.07) is 0. The van der Waals surface area contributed by atoms with Crippen LogP contribution in [0.4, 0.5) is 0 Å². The Morgan fingerprint density at radius 2 is 1.19 bits per heavy atom. The summed E-state index contributed by atoms with van der Waals surface area (Å²) in [4.78, 5) is 10.5. The summed E-state index contributed by atoms with van der Waals surface area (Å²) in [5.74, 6) is 0. The highest BCUT2D eigenvalue weighted by Gasteiger charge is 2.39. The molecule has 26 heavy (non-hydrogen) atoms. The summed E-state index contributed by atoms with van der Waals surface area (Å²) in [5.41, 5.74) is 0.581. The van der Waals surface area contributed by atoms with Gasteiger partial charge < -0.3 is 4.74 Å². The first kappa shape index (κ1) is 19.1. The molecule has 0 saturated carbocycles. The Kier molecular flexibility index (Phi) is 5.36. The van der Waals surface area contributed by atoms with Crippen LogP contribution in [-0.2, 0) is 4.74 Å². The van der Waals surface area contributed by atoms with Gasteiger partial charge in [0.05, 0.1) is 12.8 Å². The molecule has 0 aromatic carbocycles. The minimum Gasteiger partial charge on any atom is -0.357 e. The Morgan fingerprint density at radius 1 is 0.769 bits per heavy atom. The lowest BCUT2D eigenvalue weighted by Gasteiger charge is -2.48. The van der Waals surface area contributed by atoms with Crippen LogP contribution >= 0.6 is 0 Å². The van der Waals surface area contributed by atoms with Crippen LogP contribution in [0.5, 0.6) is 0 Å². The number of nitrogens with one attached hydrogen (secondary N) is 1. The second-order valence-corrected chi connectivity index (χ2v) is 9.88. The third kappa shape index (κ3) is 4.42. The van der Waals surface area contributed by atoms with Gasteiger partial charge in [-0.05, 0) is 40.5 Å². The number of ether oxygens (including phenoxy) is 1. The van der Waals surface area contributed by atoms with Gasteiger partial charge in [-0.3, -0.25) is 24.9 Å². The van der Waals surface area contributed by atoms with Crippen molar-refractivity contribution in [3.63, 3.8) is 0 Å². The van der Waals surface area contributed by atoms with E-state index < -0.39 is 0 Å². The van der Waals surface area contributed by atoms with Crippen LogP contribution in [0.3, 0.4) is 0 Å². The highest BCUT2D eigenvalue weighted by molar-refractivity contribution is 4.94. The lowest BCUT2D eigenvalue weighted by Crippen LogP contribution is -2.57. The smallest absolute Gasteiger partial charge is 0.134 e. The van der Waals surface area contributed by atoms with E-state index in [9.17, 15) is 0 Å². The van der Waals surface area contributed by atoms with Crippen molar-refractivity contribution in [2.24, 2.45) is 0 Å². The molecule has 4 rings (SSSR count). The van der Waals surface area contributed by atoms with Gasteiger partial charge in [-0.2, -0.15) is 0 Å². The van der Waals surface area contributed by atoms with Gasteiger partial charge in [0.25, 0.3) is 0 Å². The molecule has 0 radical (unpaired) electrons. The fourth-order valence-electron chi connectivity index (χ4n) is 4.75. The Bertz CT molecular complexity index is 429. The molecule has 4 aliphatic heterocycles. The zero-order chi connectivity index (χ0) is 18.4. The average molecular weight is 366 g/mol. The minimum atomic E-state index is 0.285. The molecule has 0 amide bonds. The van der Waals surface area contributed by atoms with Gasteiger partial charge in [0, 0.05) is 70.0 Å². The number of hydrogen-bond acceptors (Lipinski definition) is 6. The molecule has 0 spiro atoms. The van der Waals surface area contributed by atoms with Crippen molar-refractivity contribution < 1.29 is 4.74 Å². The molecule has 6 heteroatoms. The van der Waals surface area contributed by atoms with Crippen molar-refractivity contribution in [3.05, 3.63) is 0 Å². The zero-order valence-corrected chi connectivity index (χ0v) is 17.3. The predicted octanol–water partition coefficient (Wildman–Crippen LogP) is 0.845. The van der Waals surface area contributed by atoms with Crippen molar-refractivity contribution in [1.29, 1.82) is 0 Å². The minimum absolute atomic E-state index is 0.285. The zero-order valence-electron chi connectivity index (χ0n) is 17.3. The van der Waals surface area contributed by atoms with Gasteiger partial charge in [-0.25, -0.2) is 0 Å². The first-order valence-corrected chi connectivity index (χ1v) is 10.7. The number of nitrogens with zero attached hydrogens (tertiary/aromatic N) is 4. The molecule has 4 fully saturated rings. The van der Waals surface area contributed by atoms with Gasteiger partial charge in [0.1, 0.15) is 6.23 Å². The molecule has 0 aromatic heterocycles. The topological polar surface area (TPSA) is 47.4 Å². The van der Waals surface area contributed by atoms with E-state index in [1.807, 2.05) is 0 Å². The Hall–Kier alpha value is -0.240. The van der Waals surface area contributed by atoms with Gasteiger partial charge in [-0.15, -0.1) is 0 Å². The van der Waals surface area contributed by atoms with Crippen LogP contribution in [0.15, 0.2) is 0 Å². The first-order valence-electron chi connectivity index (χ1n) is 10.7. The Balaban J connectivity index is 1.23. The first-order chi connectivity index (χ1) is 12.4. The maximum atomic E-state index is 5.45. The van der Waals surface area contributed by atoms with E-state index in [1.165, 1.54) is 58.7 Å². The van der Waals surface area contributed by atoms with Gasteiger partial charge in [-0.1, -0.05) is 0 Å². The molecular formula is C20H39N5O. The predicted molar refractivity (Wildman–Crippen MR) is 105 cm³/mol. The van der Waals surface area contributed by atoms with Crippen molar-refractivity contribution in [3.8, 4) is 0 Å². The Morgan fingerprint density at radius 3 is 1.58 bits per heavy atom. The van der Waals surface area contributed by atoms with Gasteiger partial charge in [0.15, 0.2) is 0 Å². The van der Waals surface area contributed by atoms with Crippen LogP contribution in [0, 0.1) is 0 Å².